The second-order valence-electron chi connectivity index (χ2n) is 7.64. The van der Waals surface area contributed by atoms with Crippen LogP contribution in [0.1, 0.15) is 44.7 Å². The predicted octanol–water partition coefficient (Wildman–Crippen LogP) is 3.14. The van der Waals surface area contributed by atoms with Crippen LogP contribution in [0.15, 0.2) is 22.7 Å². The molecule has 1 spiro atoms. The van der Waals surface area contributed by atoms with Crippen molar-refractivity contribution in [3.8, 4) is 0 Å². The van der Waals surface area contributed by atoms with Crippen LogP contribution in [-0.4, -0.2) is 23.8 Å². The summed E-state index contributed by atoms with van der Waals surface area (Å²) in [6.07, 6.45) is 1.85. The van der Waals surface area contributed by atoms with E-state index < -0.39 is 11.0 Å². The molecule has 1 aromatic rings. The lowest BCUT2D eigenvalue weighted by Gasteiger charge is -2.50. The molecule has 0 bridgehead atoms. The predicted molar refractivity (Wildman–Crippen MR) is 96.3 cm³/mol. The van der Waals surface area contributed by atoms with E-state index in [9.17, 15) is 9.90 Å². The van der Waals surface area contributed by atoms with Crippen molar-refractivity contribution < 1.29 is 14.6 Å². The van der Waals surface area contributed by atoms with Crippen LogP contribution in [-0.2, 0) is 21.5 Å². The molecule has 0 unspecified atom stereocenters. The number of hydrogen-bond acceptors (Lipinski definition) is 4. The molecule has 3 N–H and O–H groups in total. The van der Waals surface area contributed by atoms with Gasteiger partial charge in [0.05, 0.1) is 12.7 Å². The van der Waals surface area contributed by atoms with Crippen LogP contribution in [0.5, 0.6) is 0 Å². The first-order valence-corrected chi connectivity index (χ1v) is 9.47. The number of carbonyl (C=O) groups is 1. The number of fused-ring (bicyclic) bond motifs is 1. The lowest BCUT2D eigenvalue weighted by molar-refractivity contribution is -0.160. The van der Waals surface area contributed by atoms with E-state index in [1.54, 1.807) is 6.92 Å². The van der Waals surface area contributed by atoms with E-state index in [2.05, 4.69) is 22.0 Å². The number of nitrogens with two attached hydrogens (primary N) is 1. The summed E-state index contributed by atoms with van der Waals surface area (Å²) in [6.45, 7) is 6.21. The van der Waals surface area contributed by atoms with E-state index in [4.69, 9.17) is 10.5 Å². The van der Waals surface area contributed by atoms with Crippen molar-refractivity contribution in [3.05, 3.63) is 33.8 Å². The van der Waals surface area contributed by atoms with Gasteiger partial charge in [0.2, 0.25) is 0 Å². The van der Waals surface area contributed by atoms with E-state index in [0.29, 0.717) is 6.61 Å². The van der Waals surface area contributed by atoms with E-state index in [1.807, 2.05) is 26.0 Å². The monoisotopic (exact) mass is 395 g/mol. The van der Waals surface area contributed by atoms with E-state index in [1.165, 1.54) is 0 Å². The molecular weight excluding hydrogens is 370 g/mol. The minimum atomic E-state index is -1.16. The largest absolute Gasteiger partial charge is 0.464 e. The third-order valence-corrected chi connectivity index (χ3v) is 6.54. The van der Waals surface area contributed by atoms with Crippen LogP contribution >= 0.6 is 15.9 Å². The Balaban J connectivity index is 2.14. The van der Waals surface area contributed by atoms with Gasteiger partial charge in [0.25, 0.3) is 0 Å². The molecule has 5 heteroatoms. The second kappa shape index (κ2) is 6.11. The van der Waals surface area contributed by atoms with Crippen molar-refractivity contribution in [2.45, 2.75) is 51.7 Å². The number of ether oxygens (including phenoxy) is 1. The number of rotatable bonds is 2. The van der Waals surface area contributed by atoms with Gasteiger partial charge in [-0.05, 0) is 61.3 Å². The number of hydrogen-bond donors (Lipinski definition) is 2. The highest BCUT2D eigenvalue weighted by Gasteiger charge is 2.63. The molecule has 1 saturated carbocycles. The Bertz CT molecular complexity index is 650. The summed E-state index contributed by atoms with van der Waals surface area (Å²) in [5, 5.41) is 10.4. The van der Waals surface area contributed by atoms with Gasteiger partial charge in [-0.15, -0.1) is 0 Å². The highest BCUT2D eigenvalue weighted by atomic mass is 79.9. The molecule has 24 heavy (non-hydrogen) atoms. The zero-order valence-electron chi connectivity index (χ0n) is 14.5. The fraction of sp³-hybridized carbons (Fsp3) is 0.632. The molecule has 0 heterocycles. The third-order valence-electron chi connectivity index (χ3n) is 6.05. The van der Waals surface area contributed by atoms with Gasteiger partial charge in [0.15, 0.2) is 0 Å². The molecule has 0 amide bonds. The lowest BCUT2D eigenvalue weighted by Crippen LogP contribution is -2.60. The molecule has 3 rings (SSSR count). The maximum atomic E-state index is 13.0. The molecule has 132 valence electrons. The van der Waals surface area contributed by atoms with E-state index >= 15 is 0 Å². The van der Waals surface area contributed by atoms with Gasteiger partial charge in [-0.25, -0.2) is 4.79 Å². The first kappa shape index (κ1) is 17.9. The molecule has 5 atom stereocenters. The smallest absolute Gasteiger partial charge is 0.331 e. The Morgan fingerprint density at radius 1 is 1.38 bits per heavy atom. The fourth-order valence-electron chi connectivity index (χ4n) is 5.02. The third kappa shape index (κ3) is 2.44. The van der Waals surface area contributed by atoms with Crippen LogP contribution in [0.3, 0.4) is 0 Å². The highest BCUT2D eigenvalue weighted by molar-refractivity contribution is 9.10. The van der Waals surface area contributed by atoms with Crippen LogP contribution < -0.4 is 5.73 Å². The van der Waals surface area contributed by atoms with E-state index in [-0.39, 0.29) is 23.9 Å². The molecule has 2 aliphatic carbocycles. The lowest BCUT2D eigenvalue weighted by atomic mass is 9.57. The molecule has 0 saturated heterocycles. The number of halogens is 1. The molecular formula is C19H26BrNO3. The Hall–Kier alpha value is -0.910. The molecule has 2 aliphatic rings. The summed E-state index contributed by atoms with van der Waals surface area (Å²) >= 11 is 3.50. The standard InChI is InChI=1S/C19H26BrNO3/c1-4-24-17(23)19(21)15-7-14(20)6-5-13(15)10-18(19)8-11(2)16(22)12(3)9-18/h5-7,11-12,16,22H,4,8-10,21H2,1-3H3/t11-,12+,16+,18+,19-/m1/s1. The fourth-order valence-corrected chi connectivity index (χ4v) is 5.38. The van der Waals surface area contributed by atoms with Crippen LogP contribution in [0, 0.1) is 17.3 Å². The summed E-state index contributed by atoms with van der Waals surface area (Å²) in [6, 6.07) is 6.00. The average Bonchev–Trinajstić information content (AvgIpc) is 2.75. The van der Waals surface area contributed by atoms with Gasteiger partial charge >= 0.3 is 5.97 Å². The zero-order valence-corrected chi connectivity index (χ0v) is 16.1. The van der Waals surface area contributed by atoms with Crippen molar-refractivity contribution >= 4 is 21.9 Å². The topological polar surface area (TPSA) is 72.5 Å². The molecule has 0 aliphatic heterocycles. The van der Waals surface area contributed by atoms with Gasteiger partial charge in [0, 0.05) is 9.89 Å². The highest BCUT2D eigenvalue weighted by Crippen LogP contribution is 2.59. The van der Waals surface area contributed by atoms with Crippen LogP contribution in [0.2, 0.25) is 0 Å². The Morgan fingerprint density at radius 3 is 2.58 bits per heavy atom. The maximum Gasteiger partial charge on any atom is 0.331 e. The zero-order chi connectivity index (χ0) is 17.7. The Labute approximate surface area is 151 Å². The minimum Gasteiger partial charge on any atom is -0.464 e. The van der Waals surface area contributed by atoms with Gasteiger partial charge in [-0.2, -0.15) is 0 Å². The molecule has 0 radical (unpaired) electrons. The summed E-state index contributed by atoms with van der Waals surface area (Å²) in [7, 11) is 0. The van der Waals surface area contributed by atoms with E-state index in [0.717, 1.165) is 34.9 Å². The average molecular weight is 396 g/mol. The molecule has 1 aromatic carbocycles. The number of aliphatic hydroxyl groups is 1. The van der Waals surface area contributed by atoms with Crippen molar-refractivity contribution in [1.29, 1.82) is 0 Å². The number of esters is 1. The number of carbonyl (C=O) groups excluding carboxylic acids is 1. The molecule has 0 aromatic heterocycles. The van der Waals surface area contributed by atoms with Crippen LogP contribution in [0.25, 0.3) is 0 Å². The number of aliphatic hydroxyl groups excluding tert-OH is 1. The normalized spacial score (nSPS) is 38.2. The SMILES string of the molecule is CCOC(=O)[C@]1(N)c2cc(Br)ccc2C[C@@]12C[C@@H](C)[C@H](O)[C@@H](C)C2. The van der Waals surface area contributed by atoms with Crippen molar-refractivity contribution in [2.75, 3.05) is 6.61 Å². The second-order valence-corrected chi connectivity index (χ2v) is 8.56. The summed E-state index contributed by atoms with van der Waals surface area (Å²) in [4.78, 5) is 13.0. The molecule has 4 nitrogen and oxygen atoms in total. The molecule has 1 fully saturated rings. The van der Waals surface area contributed by atoms with Gasteiger partial charge in [-0.1, -0.05) is 35.8 Å². The Kier molecular flexibility index (Phi) is 4.56. The summed E-state index contributed by atoms with van der Waals surface area (Å²) < 4.78 is 6.32. The Morgan fingerprint density at radius 2 is 2.00 bits per heavy atom. The van der Waals surface area contributed by atoms with Gasteiger partial charge in [-0.3, -0.25) is 0 Å². The van der Waals surface area contributed by atoms with Gasteiger partial charge in [0.1, 0.15) is 5.54 Å². The number of benzene rings is 1. The summed E-state index contributed by atoms with van der Waals surface area (Å²) in [5.74, 6) is -0.148. The first-order chi connectivity index (χ1) is 11.2. The minimum absolute atomic E-state index is 0.101. The quantitative estimate of drug-likeness (QED) is 0.754. The summed E-state index contributed by atoms with van der Waals surface area (Å²) in [5.41, 5.74) is 7.29. The van der Waals surface area contributed by atoms with Crippen LogP contribution in [0.4, 0.5) is 0 Å². The van der Waals surface area contributed by atoms with Crippen molar-refractivity contribution in [1.82, 2.24) is 0 Å². The maximum absolute atomic E-state index is 13.0. The first-order valence-electron chi connectivity index (χ1n) is 8.68. The van der Waals surface area contributed by atoms with Gasteiger partial charge < -0.3 is 15.6 Å². The van der Waals surface area contributed by atoms with Crippen molar-refractivity contribution in [2.24, 2.45) is 23.0 Å². The van der Waals surface area contributed by atoms with Crippen molar-refractivity contribution in [3.63, 3.8) is 0 Å².